The van der Waals surface area contributed by atoms with Gasteiger partial charge in [-0.25, -0.2) is 4.98 Å². The van der Waals surface area contributed by atoms with Crippen molar-refractivity contribution < 1.29 is 9.21 Å². The first-order valence-electron chi connectivity index (χ1n) is 6.12. The molecule has 108 valence electrons. The van der Waals surface area contributed by atoms with Crippen LogP contribution in [0.1, 0.15) is 22.5 Å². The molecule has 0 aliphatic carbocycles. The van der Waals surface area contributed by atoms with Gasteiger partial charge in [0, 0.05) is 12.1 Å². The number of amides is 1. The number of hydrogen-bond donors (Lipinski definition) is 0. The van der Waals surface area contributed by atoms with Gasteiger partial charge in [0.25, 0.3) is 5.91 Å². The molecule has 0 unspecified atom stereocenters. The van der Waals surface area contributed by atoms with Crippen molar-refractivity contribution in [1.82, 2.24) is 9.88 Å². The molecular formula is C14H11Cl2N3O2. The van der Waals surface area contributed by atoms with E-state index in [-0.39, 0.29) is 35.7 Å². The lowest BCUT2D eigenvalue weighted by Gasteiger charge is -2.20. The fraction of sp³-hybridized carbons (Fsp3) is 0.214. The van der Waals surface area contributed by atoms with Crippen LogP contribution in [0, 0.1) is 11.3 Å². The van der Waals surface area contributed by atoms with E-state index in [9.17, 15) is 4.79 Å². The summed E-state index contributed by atoms with van der Waals surface area (Å²) in [5, 5.41) is 9.00. The summed E-state index contributed by atoms with van der Waals surface area (Å²) in [6.45, 7) is 0.554. The summed E-state index contributed by atoms with van der Waals surface area (Å²) in [5.74, 6) is 0.348. The van der Waals surface area contributed by atoms with Gasteiger partial charge in [-0.2, -0.15) is 5.26 Å². The number of carbonyl (C=O) groups is 1. The third kappa shape index (κ3) is 4.22. The van der Waals surface area contributed by atoms with Gasteiger partial charge < -0.3 is 9.32 Å². The van der Waals surface area contributed by atoms with Crippen LogP contribution >= 0.6 is 23.2 Å². The van der Waals surface area contributed by atoms with Crippen LogP contribution in [-0.4, -0.2) is 22.3 Å². The van der Waals surface area contributed by atoms with E-state index in [0.29, 0.717) is 11.3 Å². The molecule has 0 atom stereocenters. The molecule has 5 nitrogen and oxygen atoms in total. The molecule has 0 aliphatic rings. The van der Waals surface area contributed by atoms with Crippen LogP contribution < -0.4 is 0 Å². The third-order valence-electron chi connectivity index (χ3n) is 2.72. The average molecular weight is 324 g/mol. The van der Waals surface area contributed by atoms with Gasteiger partial charge in [0.15, 0.2) is 0 Å². The normalized spacial score (nSPS) is 10.1. The van der Waals surface area contributed by atoms with Crippen LogP contribution in [0.15, 0.2) is 34.9 Å². The van der Waals surface area contributed by atoms with Crippen molar-refractivity contribution in [3.05, 3.63) is 52.2 Å². The molecule has 0 saturated carbocycles. The number of carbonyl (C=O) groups excluding carboxylic acids is 1. The Labute approximate surface area is 131 Å². The van der Waals surface area contributed by atoms with Gasteiger partial charge in [0.1, 0.15) is 16.1 Å². The Hall–Kier alpha value is -2.03. The van der Waals surface area contributed by atoms with Crippen LogP contribution in [0.3, 0.4) is 0 Å². The molecule has 1 amide bonds. The molecule has 2 aromatic heterocycles. The van der Waals surface area contributed by atoms with E-state index >= 15 is 0 Å². The van der Waals surface area contributed by atoms with Crippen LogP contribution in [0.2, 0.25) is 10.3 Å². The van der Waals surface area contributed by atoms with Crippen molar-refractivity contribution >= 4 is 29.1 Å². The predicted molar refractivity (Wildman–Crippen MR) is 77.9 cm³/mol. The lowest BCUT2D eigenvalue weighted by molar-refractivity contribution is 0.0735. The largest absolute Gasteiger partial charge is 0.467 e. The van der Waals surface area contributed by atoms with Gasteiger partial charge in [0.2, 0.25) is 0 Å². The number of nitrogens with zero attached hydrogens (tertiary/aromatic N) is 3. The van der Waals surface area contributed by atoms with Crippen molar-refractivity contribution in [2.24, 2.45) is 0 Å². The van der Waals surface area contributed by atoms with Gasteiger partial charge in [-0.05, 0) is 24.3 Å². The summed E-state index contributed by atoms with van der Waals surface area (Å²) in [6, 6.07) is 8.40. The van der Waals surface area contributed by atoms with E-state index in [0.717, 1.165) is 0 Å². The van der Waals surface area contributed by atoms with E-state index in [2.05, 4.69) is 4.98 Å². The van der Waals surface area contributed by atoms with Crippen LogP contribution in [0.5, 0.6) is 0 Å². The van der Waals surface area contributed by atoms with Crippen LogP contribution in [0.25, 0.3) is 0 Å². The summed E-state index contributed by atoms with van der Waals surface area (Å²) in [7, 11) is 0. The topological polar surface area (TPSA) is 70.1 Å². The van der Waals surface area contributed by atoms with Crippen molar-refractivity contribution in [2.75, 3.05) is 6.54 Å². The molecule has 0 radical (unpaired) electrons. The fourth-order valence-electron chi connectivity index (χ4n) is 1.80. The Morgan fingerprint density at radius 2 is 2.10 bits per heavy atom. The molecule has 0 fully saturated rings. The molecule has 0 aromatic carbocycles. The minimum absolute atomic E-state index is 0.143. The first-order valence-corrected chi connectivity index (χ1v) is 6.87. The van der Waals surface area contributed by atoms with E-state index in [4.69, 9.17) is 32.9 Å². The highest BCUT2D eigenvalue weighted by atomic mass is 35.5. The number of halogens is 2. The van der Waals surface area contributed by atoms with Crippen molar-refractivity contribution in [2.45, 2.75) is 13.0 Å². The molecule has 0 aliphatic heterocycles. The smallest absolute Gasteiger partial charge is 0.254 e. The summed E-state index contributed by atoms with van der Waals surface area (Å²) in [5.41, 5.74) is 0.324. The molecule has 0 bridgehead atoms. The summed E-state index contributed by atoms with van der Waals surface area (Å²) >= 11 is 11.6. The molecule has 0 N–H and O–H groups in total. The zero-order chi connectivity index (χ0) is 15.2. The van der Waals surface area contributed by atoms with Gasteiger partial charge in [-0.3, -0.25) is 4.79 Å². The minimum Gasteiger partial charge on any atom is -0.467 e. The van der Waals surface area contributed by atoms with E-state index in [1.165, 1.54) is 23.3 Å². The monoisotopic (exact) mass is 323 g/mol. The van der Waals surface area contributed by atoms with Gasteiger partial charge in [0.05, 0.1) is 25.3 Å². The van der Waals surface area contributed by atoms with Crippen LogP contribution in [-0.2, 0) is 6.54 Å². The van der Waals surface area contributed by atoms with E-state index < -0.39 is 0 Å². The quantitative estimate of drug-likeness (QED) is 0.789. The second kappa shape index (κ2) is 7.11. The Bertz CT molecular complexity index is 645. The third-order valence-corrected chi connectivity index (χ3v) is 3.10. The molecule has 2 rings (SSSR count). The maximum atomic E-state index is 12.5. The summed E-state index contributed by atoms with van der Waals surface area (Å²) in [4.78, 5) is 17.8. The second-order valence-corrected chi connectivity index (χ2v) is 4.99. The predicted octanol–water partition coefficient (Wildman–Crippen LogP) is 3.54. The number of hydrogen-bond acceptors (Lipinski definition) is 4. The molecule has 21 heavy (non-hydrogen) atoms. The second-order valence-electron chi connectivity index (χ2n) is 4.22. The van der Waals surface area contributed by atoms with Crippen molar-refractivity contribution in [1.29, 1.82) is 5.26 Å². The minimum atomic E-state index is -0.284. The van der Waals surface area contributed by atoms with E-state index in [1.54, 1.807) is 12.1 Å². The lowest BCUT2D eigenvalue weighted by atomic mass is 10.2. The SMILES string of the molecule is N#CCCN(Cc1ccco1)C(=O)c1cc(Cl)nc(Cl)c1. The Morgan fingerprint density at radius 3 is 2.67 bits per heavy atom. The summed E-state index contributed by atoms with van der Waals surface area (Å²) in [6.07, 6.45) is 1.75. The average Bonchev–Trinajstić information content (AvgIpc) is 2.94. The van der Waals surface area contributed by atoms with Crippen LogP contribution in [0.4, 0.5) is 0 Å². The zero-order valence-corrected chi connectivity index (χ0v) is 12.4. The molecule has 7 heteroatoms. The lowest BCUT2D eigenvalue weighted by Crippen LogP contribution is -2.31. The van der Waals surface area contributed by atoms with Gasteiger partial charge >= 0.3 is 0 Å². The number of rotatable bonds is 5. The molecular weight excluding hydrogens is 313 g/mol. The first-order chi connectivity index (χ1) is 10.1. The van der Waals surface area contributed by atoms with Crippen molar-refractivity contribution in [3.63, 3.8) is 0 Å². The standard InChI is InChI=1S/C14H11Cl2N3O2/c15-12-7-10(8-13(16)18-12)14(20)19(5-2-4-17)9-11-3-1-6-21-11/h1,3,6-8H,2,5,9H2. The molecule has 0 saturated heterocycles. The fourth-order valence-corrected chi connectivity index (χ4v) is 2.26. The molecule has 0 spiro atoms. The summed E-state index contributed by atoms with van der Waals surface area (Å²) < 4.78 is 5.24. The number of pyridine rings is 1. The van der Waals surface area contributed by atoms with Gasteiger partial charge in [-0.1, -0.05) is 23.2 Å². The Kier molecular flexibility index (Phi) is 5.20. The zero-order valence-electron chi connectivity index (χ0n) is 10.9. The maximum Gasteiger partial charge on any atom is 0.254 e. The highest BCUT2D eigenvalue weighted by Crippen LogP contribution is 2.18. The first kappa shape index (κ1) is 15.4. The molecule has 2 aromatic rings. The number of aromatic nitrogens is 1. The number of nitriles is 1. The maximum absolute atomic E-state index is 12.5. The highest BCUT2D eigenvalue weighted by Gasteiger charge is 2.18. The van der Waals surface area contributed by atoms with Gasteiger partial charge in [-0.15, -0.1) is 0 Å². The molecule has 2 heterocycles. The van der Waals surface area contributed by atoms with E-state index in [1.807, 2.05) is 6.07 Å². The number of furan rings is 1. The Morgan fingerprint density at radius 1 is 1.38 bits per heavy atom. The van der Waals surface area contributed by atoms with Crippen molar-refractivity contribution in [3.8, 4) is 6.07 Å². The Balaban J connectivity index is 2.22. The highest BCUT2D eigenvalue weighted by molar-refractivity contribution is 6.33.